The van der Waals surface area contributed by atoms with Gasteiger partial charge in [-0.3, -0.25) is 9.69 Å². The molecule has 2 aliphatic rings. The van der Waals surface area contributed by atoms with Gasteiger partial charge in [0.15, 0.2) is 11.3 Å². The summed E-state index contributed by atoms with van der Waals surface area (Å²) in [5, 5.41) is 3.86. The smallest absolute Gasteiger partial charge is 0.317 e. The lowest BCUT2D eigenvalue weighted by molar-refractivity contribution is -0.154. The van der Waals surface area contributed by atoms with Crippen molar-refractivity contribution in [2.45, 2.75) is 19.2 Å². The molecule has 0 spiro atoms. The Bertz CT molecular complexity index is 811. The largest absolute Gasteiger partial charge is 0.469 e. The molecule has 128 valence electrons. The maximum atomic E-state index is 12.7. The van der Waals surface area contributed by atoms with E-state index in [2.05, 4.69) is 5.32 Å². The van der Waals surface area contributed by atoms with Gasteiger partial charge in [0.2, 0.25) is 0 Å². The van der Waals surface area contributed by atoms with Crippen molar-refractivity contribution in [1.82, 2.24) is 5.32 Å². The molecule has 2 bridgehead atoms. The van der Waals surface area contributed by atoms with Crippen molar-refractivity contribution < 1.29 is 14.3 Å². The van der Waals surface area contributed by atoms with Crippen LogP contribution in [0.1, 0.15) is 18.5 Å². The average molecular weight is 354 g/mol. The third-order valence-corrected chi connectivity index (χ3v) is 4.83. The fraction of sp³-hybridized carbons (Fsp3) is 0.263. The number of carbonyl (C=O) groups is 1. The number of hydrogen-bond donors (Lipinski definition) is 1. The van der Waals surface area contributed by atoms with E-state index >= 15 is 0 Å². The number of hydrogen-bond acceptors (Lipinski definition) is 4. The van der Waals surface area contributed by atoms with E-state index < -0.39 is 12.1 Å². The van der Waals surface area contributed by atoms with Gasteiger partial charge >= 0.3 is 5.97 Å². The summed E-state index contributed by atoms with van der Waals surface area (Å²) in [4.78, 5) is 14.5. The molecule has 2 aliphatic heterocycles. The molecule has 0 unspecified atom stereocenters. The highest BCUT2D eigenvalue weighted by Gasteiger charge is 2.51. The van der Waals surface area contributed by atoms with Crippen molar-refractivity contribution >= 4 is 29.0 Å². The number of benzene rings is 2. The van der Waals surface area contributed by atoms with Crippen molar-refractivity contribution in [1.29, 1.82) is 0 Å². The molecule has 6 heteroatoms. The van der Waals surface area contributed by atoms with Crippen LogP contribution in [-0.2, 0) is 9.53 Å². The molecular weight excluding hydrogens is 336 g/mol. The zero-order valence-corrected chi connectivity index (χ0v) is 14.5. The quantitative estimate of drug-likeness (QED) is 0.675. The predicted molar refractivity (Wildman–Crippen MR) is 98.4 cm³/mol. The van der Waals surface area contributed by atoms with Gasteiger partial charge in [-0.05, 0) is 37.3 Å². The van der Waals surface area contributed by atoms with E-state index in [9.17, 15) is 4.79 Å². The van der Waals surface area contributed by atoms with Crippen LogP contribution in [0.5, 0.6) is 5.75 Å². The molecule has 1 fully saturated rings. The third kappa shape index (κ3) is 2.62. The van der Waals surface area contributed by atoms with Crippen LogP contribution >= 0.6 is 12.2 Å². The lowest BCUT2D eigenvalue weighted by Crippen LogP contribution is -2.64. The van der Waals surface area contributed by atoms with Crippen LogP contribution in [0.2, 0.25) is 0 Å². The Labute approximate surface area is 151 Å². The van der Waals surface area contributed by atoms with Gasteiger partial charge in [-0.2, -0.15) is 0 Å². The molecule has 0 aliphatic carbocycles. The van der Waals surface area contributed by atoms with Gasteiger partial charge in [0.25, 0.3) is 0 Å². The molecular formula is C19H18N2O3S. The Morgan fingerprint density at radius 3 is 2.68 bits per heavy atom. The highest BCUT2D eigenvalue weighted by molar-refractivity contribution is 7.80. The first kappa shape index (κ1) is 15.9. The maximum absolute atomic E-state index is 12.7. The maximum Gasteiger partial charge on any atom is 0.317 e. The third-order valence-electron chi connectivity index (χ3n) is 4.51. The van der Waals surface area contributed by atoms with Gasteiger partial charge in [0.05, 0.1) is 12.6 Å². The Balaban J connectivity index is 1.81. The number of nitrogens with one attached hydrogen (secondary N) is 1. The molecule has 0 amide bonds. The van der Waals surface area contributed by atoms with E-state index in [0.717, 1.165) is 17.0 Å². The highest BCUT2D eigenvalue weighted by atomic mass is 32.1. The number of fused-ring (bicyclic) bond motifs is 4. The molecule has 2 aromatic rings. The monoisotopic (exact) mass is 354 g/mol. The van der Waals surface area contributed by atoms with Crippen LogP contribution in [0.15, 0.2) is 54.6 Å². The Kier molecular flexibility index (Phi) is 4.05. The number of para-hydroxylation sites is 2. The number of thiocarbonyl (C=S) groups is 1. The van der Waals surface area contributed by atoms with Gasteiger partial charge < -0.3 is 14.8 Å². The lowest BCUT2D eigenvalue weighted by atomic mass is 9.86. The molecule has 1 N–H and O–H groups in total. The standard InChI is InChI=1S/C19H18N2O3S/c1-2-23-18(22)15-16-13-10-6-7-11-14(13)24-17(15)21(19(25)20-16)12-8-4-3-5-9-12/h3-11,15-17H,2H2,1H3,(H,20,25)/t15-,16+,17+/m1/s1. The van der Waals surface area contributed by atoms with Crippen molar-refractivity contribution in [3.63, 3.8) is 0 Å². The summed E-state index contributed by atoms with van der Waals surface area (Å²) >= 11 is 5.58. The SMILES string of the molecule is CCOC(=O)[C@@H]1[C@H]2NC(=S)N(c3ccccc3)[C@H]1Oc1ccccc12. The van der Waals surface area contributed by atoms with Gasteiger partial charge in [0.1, 0.15) is 11.7 Å². The first-order valence-corrected chi connectivity index (χ1v) is 8.68. The summed E-state index contributed by atoms with van der Waals surface area (Å²) in [5.74, 6) is -0.0429. The van der Waals surface area contributed by atoms with E-state index in [1.54, 1.807) is 6.92 Å². The van der Waals surface area contributed by atoms with E-state index in [0.29, 0.717) is 11.7 Å². The van der Waals surface area contributed by atoms with Gasteiger partial charge in [-0.1, -0.05) is 36.4 Å². The van der Waals surface area contributed by atoms with Crippen molar-refractivity contribution in [3.05, 3.63) is 60.2 Å². The molecule has 1 saturated heterocycles. The summed E-state index contributed by atoms with van der Waals surface area (Å²) in [5.41, 5.74) is 1.80. The lowest BCUT2D eigenvalue weighted by Gasteiger charge is -2.49. The summed E-state index contributed by atoms with van der Waals surface area (Å²) in [6, 6.07) is 17.1. The minimum atomic E-state index is -0.546. The second kappa shape index (κ2) is 6.37. The zero-order valence-electron chi connectivity index (χ0n) is 13.7. The fourth-order valence-electron chi connectivity index (χ4n) is 3.45. The summed E-state index contributed by atoms with van der Waals surface area (Å²) in [7, 11) is 0. The first-order chi connectivity index (χ1) is 12.2. The zero-order chi connectivity index (χ0) is 17.4. The summed E-state index contributed by atoms with van der Waals surface area (Å²) in [6.07, 6.45) is -0.546. The predicted octanol–water partition coefficient (Wildman–Crippen LogP) is 3.02. The van der Waals surface area contributed by atoms with Crippen LogP contribution in [0.3, 0.4) is 0 Å². The fourth-order valence-corrected chi connectivity index (χ4v) is 3.79. The molecule has 2 aromatic carbocycles. The van der Waals surface area contributed by atoms with Crippen LogP contribution in [0.4, 0.5) is 5.69 Å². The van der Waals surface area contributed by atoms with E-state index in [4.69, 9.17) is 21.7 Å². The number of nitrogens with zero attached hydrogens (tertiary/aromatic N) is 1. The number of esters is 1. The van der Waals surface area contributed by atoms with E-state index in [1.807, 2.05) is 59.5 Å². The molecule has 3 atom stereocenters. The van der Waals surface area contributed by atoms with Crippen LogP contribution < -0.4 is 15.0 Å². The normalized spacial score (nSPS) is 24.0. The number of anilines is 1. The Morgan fingerprint density at radius 2 is 1.92 bits per heavy atom. The molecule has 2 heterocycles. The number of carbonyl (C=O) groups excluding carboxylic acids is 1. The minimum Gasteiger partial charge on any atom is -0.469 e. The van der Waals surface area contributed by atoms with Crippen LogP contribution in [-0.4, -0.2) is 23.9 Å². The molecule has 0 saturated carbocycles. The van der Waals surface area contributed by atoms with Crippen molar-refractivity contribution in [3.8, 4) is 5.75 Å². The van der Waals surface area contributed by atoms with Crippen LogP contribution in [0.25, 0.3) is 0 Å². The molecule has 0 aromatic heterocycles. The molecule has 25 heavy (non-hydrogen) atoms. The highest BCUT2D eigenvalue weighted by Crippen LogP contribution is 2.44. The van der Waals surface area contributed by atoms with Gasteiger partial charge in [0, 0.05) is 11.3 Å². The second-order valence-corrected chi connectivity index (χ2v) is 6.34. The Morgan fingerprint density at radius 1 is 1.20 bits per heavy atom. The van der Waals surface area contributed by atoms with Crippen LogP contribution in [0, 0.1) is 5.92 Å². The second-order valence-electron chi connectivity index (χ2n) is 5.96. The van der Waals surface area contributed by atoms with E-state index in [1.165, 1.54) is 0 Å². The average Bonchev–Trinajstić information content (AvgIpc) is 2.62. The Hall–Kier alpha value is -2.60. The van der Waals surface area contributed by atoms with Gasteiger partial charge in [-0.25, -0.2) is 0 Å². The summed E-state index contributed by atoms with van der Waals surface area (Å²) in [6.45, 7) is 2.13. The van der Waals surface area contributed by atoms with Crippen molar-refractivity contribution in [2.75, 3.05) is 11.5 Å². The van der Waals surface area contributed by atoms with Crippen molar-refractivity contribution in [2.24, 2.45) is 5.92 Å². The van der Waals surface area contributed by atoms with Gasteiger partial charge in [-0.15, -0.1) is 0 Å². The summed E-state index contributed by atoms with van der Waals surface area (Å²) < 4.78 is 11.5. The number of ether oxygens (including phenoxy) is 2. The minimum absolute atomic E-state index is 0.263. The molecule has 0 radical (unpaired) electrons. The topological polar surface area (TPSA) is 50.8 Å². The number of rotatable bonds is 3. The molecule has 4 rings (SSSR count). The molecule has 5 nitrogen and oxygen atoms in total. The van der Waals surface area contributed by atoms with E-state index in [-0.39, 0.29) is 12.0 Å². The first-order valence-electron chi connectivity index (χ1n) is 8.27.